The van der Waals surface area contributed by atoms with Crippen LogP contribution in [0.5, 0.6) is 0 Å². The Morgan fingerprint density at radius 2 is 2.29 bits per heavy atom. The van der Waals surface area contributed by atoms with Crippen molar-refractivity contribution in [3.63, 3.8) is 0 Å². The molecule has 0 atom stereocenters. The average Bonchev–Trinajstić information content (AvgIpc) is 2.11. The third kappa shape index (κ3) is 2.18. The number of nitriles is 1. The van der Waals surface area contributed by atoms with E-state index in [0.29, 0.717) is 5.56 Å². The second-order valence-corrected chi connectivity index (χ2v) is 3.13. The Morgan fingerprint density at radius 3 is 2.79 bits per heavy atom. The van der Waals surface area contributed by atoms with E-state index in [1.165, 1.54) is 6.07 Å². The predicted molar refractivity (Wildman–Crippen MR) is 48.3 cm³/mol. The molecule has 0 radical (unpaired) electrons. The minimum Gasteiger partial charge on any atom is -0.235 e. The van der Waals surface area contributed by atoms with E-state index in [1.54, 1.807) is 6.92 Å². The monoisotopic (exact) mass is 216 g/mol. The molecular weight excluding hydrogens is 210 g/mol. The number of hydrogen-bond acceptors (Lipinski definition) is 2. The second kappa shape index (κ2) is 4.34. The molecule has 0 unspecified atom stereocenters. The van der Waals surface area contributed by atoms with Crippen molar-refractivity contribution in [3.8, 4) is 6.07 Å². The molecule has 14 heavy (non-hydrogen) atoms. The van der Waals surface area contributed by atoms with Gasteiger partial charge in [0, 0.05) is 0 Å². The van der Waals surface area contributed by atoms with Gasteiger partial charge in [0.2, 0.25) is 0 Å². The van der Waals surface area contributed by atoms with Gasteiger partial charge in [-0.15, -0.1) is 0 Å². The van der Waals surface area contributed by atoms with Crippen molar-refractivity contribution in [1.29, 1.82) is 5.26 Å². The zero-order valence-electron chi connectivity index (χ0n) is 7.39. The van der Waals surface area contributed by atoms with Crippen molar-refractivity contribution in [2.45, 2.75) is 19.8 Å². The number of rotatable bonds is 2. The highest BCUT2D eigenvalue weighted by molar-refractivity contribution is 6.30. The van der Waals surface area contributed by atoms with Crippen LogP contribution in [0.3, 0.4) is 0 Å². The van der Waals surface area contributed by atoms with E-state index >= 15 is 0 Å². The highest BCUT2D eigenvalue weighted by Gasteiger charge is 2.16. The van der Waals surface area contributed by atoms with Crippen LogP contribution in [0.1, 0.15) is 23.2 Å². The smallest absolute Gasteiger partial charge is 0.235 e. The van der Waals surface area contributed by atoms with Gasteiger partial charge >= 0.3 is 0 Å². The highest BCUT2D eigenvalue weighted by atomic mass is 35.5. The molecule has 0 amide bonds. The Balaban J connectivity index is 3.25. The molecule has 0 bridgehead atoms. The maximum absolute atomic E-state index is 12.4. The molecule has 0 aliphatic rings. The first-order valence-corrected chi connectivity index (χ1v) is 4.25. The molecule has 1 rings (SSSR count). The van der Waals surface area contributed by atoms with Gasteiger partial charge in [0.25, 0.3) is 6.43 Å². The molecule has 0 spiro atoms. The third-order valence-corrected chi connectivity index (χ3v) is 2.12. The van der Waals surface area contributed by atoms with Crippen LogP contribution in [0.2, 0.25) is 5.15 Å². The van der Waals surface area contributed by atoms with Crippen molar-refractivity contribution in [3.05, 3.63) is 28.0 Å². The van der Waals surface area contributed by atoms with E-state index in [9.17, 15) is 8.78 Å². The summed E-state index contributed by atoms with van der Waals surface area (Å²) in [5, 5.41) is 8.49. The first-order valence-electron chi connectivity index (χ1n) is 3.87. The summed E-state index contributed by atoms with van der Waals surface area (Å²) in [5.41, 5.74) is 0.438. The molecule has 74 valence electrons. The maximum Gasteiger partial charge on any atom is 0.280 e. The van der Waals surface area contributed by atoms with Crippen molar-refractivity contribution in [1.82, 2.24) is 4.98 Å². The van der Waals surface area contributed by atoms with Crippen molar-refractivity contribution in [2.75, 3.05) is 0 Å². The topological polar surface area (TPSA) is 36.7 Å². The van der Waals surface area contributed by atoms with Gasteiger partial charge in [0.05, 0.1) is 12.5 Å². The van der Waals surface area contributed by atoms with Gasteiger partial charge in [-0.1, -0.05) is 11.6 Å². The molecule has 0 saturated heterocycles. The lowest BCUT2D eigenvalue weighted by Crippen LogP contribution is -2.00. The lowest BCUT2D eigenvalue weighted by Gasteiger charge is -2.07. The summed E-state index contributed by atoms with van der Waals surface area (Å²) in [6, 6.07) is 3.28. The fraction of sp³-hybridized carbons (Fsp3) is 0.333. The van der Waals surface area contributed by atoms with Crippen molar-refractivity contribution < 1.29 is 8.78 Å². The first-order chi connectivity index (χ1) is 6.56. The van der Waals surface area contributed by atoms with Crippen LogP contribution in [0, 0.1) is 18.3 Å². The van der Waals surface area contributed by atoms with Crippen molar-refractivity contribution >= 4 is 11.6 Å². The summed E-state index contributed by atoms with van der Waals surface area (Å²) >= 11 is 5.60. The van der Waals surface area contributed by atoms with Gasteiger partial charge in [0.15, 0.2) is 0 Å². The lowest BCUT2D eigenvalue weighted by molar-refractivity contribution is 0.145. The SMILES string of the molecule is Cc1cc(CC#N)c(C(F)F)nc1Cl. The van der Waals surface area contributed by atoms with E-state index in [0.717, 1.165) is 0 Å². The maximum atomic E-state index is 12.4. The molecule has 1 aromatic rings. The molecule has 0 saturated carbocycles. The molecule has 1 aromatic heterocycles. The number of aromatic nitrogens is 1. The Kier molecular flexibility index (Phi) is 3.37. The molecular formula is C9H7ClF2N2. The number of aryl methyl sites for hydroxylation is 1. The standard InChI is InChI=1S/C9H7ClF2N2/c1-5-4-6(2-3-13)7(9(11)12)14-8(5)10/h4,9H,2H2,1H3. The van der Waals surface area contributed by atoms with Crippen LogP contribution in [-0.2, 0) is 6.42 Å². The molecule has 1 heterocycles. The lowest BCUT2D eigenvalue weighted by atomic mass is 10.1. The van der Waals surface area contributed by atoms with E-state index in [1.807, 2.05) is 6.07 Å². The molecule has 0 aromatic carbocycles. The minimum absolute atomic E-state index is 0.0574. The second-order valence-electron chi connectivity index (χ2n) is 2.78. The zero-order chi connectivity index (χ0) is 10.7. The fourth-order valence-corrected chi connectivity index (χ4v) is 1.22. The van der Waals surface area contributed by atoms with E-state index in [2.05, 4.69) is 4.98 Å². The minimum atomic E-state index is -2.70. The number of pyridine rings is 1. The molecule has 0 aliphatic carbocycles. The van der Waals surface area contributed by atoms with Gasteiger partial charge in [-0.2, -0.15) is 5.26 Å². The average molecular weight is 217 g/mol. The van der Waals surface area contributed by atoms with Gasteiger partial charge in [-0.25, -0.2) is 13.8 Å². The van der Waals surface area contributed by atoms with Crippen LogP contribution in [-0.4, -0.2) is 4.98 Å². The zero-order valence-corrected chi connectivity index (χ0v) is 8.15. The summed E-state index contributed by atoms with van der Waals surface area (Å²) < 4.78 is 24.9. The quantitative estimate of drug-likeness (QED) is 0.713. The summed E-state index contributed by atoms with van der Waals surface area (Å²) in [7, 11) is 0. The van der Waals surface area contributed by atoms with E-state index < -0.39 is 12.1 Å². The van der Waals surface area contributed by atoms with Crippen LogP contribution < -0.4 is 0 Å². The van der Waals surface area contributed by atoms with Gasteiger partial charge in [0.1, 0.15) is 10.8 Å². The number of hydrogen-bond donors (Lipinski definition) is 0. The van der Waals surface area contributed by atoms with Crippen LogP contribution >= 0.6 is 11.6 Å². The number of nitrogens with zero attached hydrogens (tertiary/aromatic N) is 2. The number of alkyl halides is 2. The van der Waals surface area contributed by atoms with Crippen LogP contribution in [0.25, 0.3) is 0 Å². The Morgan fingerprint density at radius 1 is 1.64 bits per heavy atom. The van der Waals surface area contributed by atoms with Gasteiger partial charge in [-0.3, -0.25) is 0 Å². The van der Waals surface area contributed by atoms with Crippen LogP contribution in [0.4, 0.5) is 8.78 Å². The summed E-state index contributed by atoms with van der Waals surface area (Å²) in [4.78, 5) is 3.56. The van der Waals surface area contributed by atoms with Gasteiger partial charge < -0.3 is 0 Å². The van der Waals surface area contributed by atoms with Crippen molar-refractivity contribution in [2.24, 2.45) is 0 Å². The summed E-state index contributed by atoms with van der Waals surface area (Å²) in [6.45, 7) is 1.66. The molecule has 2 nitrogen and oxygen atoms in total. The number of halogens is 3. The molecule has 0 N–H and O–H groups in total. The van der Waals surface area contributed by atoms with E-state index in [4.69, 9.17) is 16.9 Å². The van der Waals surface area contributed by atoms with E-state index in [-0.39, 0.29) is 17.1 Å². The fourth-order valence-electron chi connectivity index (χ4n) is 1.08. The Labute approximate surface area is 85.1 Å². The van der Waals surface area contributed by atoms with Crippen LogP contribution in [0.15, 0.2) is 6.07 Å². The van der Waals surface area contributed by atoms with Gasteiger partial charge in [-0.05, 0) is 24.1 Å². The highest BCUT2D eigenvalue weighted by Crippen LogP contribution is 2.25. The molecule has 0 aliphatic heterocycles. The third-order valence-electron chi connectivity index (χ3n) is 1.74. The summed E-state index contributed by atoms with van der Waals surface area (Å²) in [6.07, 6.45) is -2.78. The molecule has 0 fully saturated rings. The largest absolute Gasteiger partial charge is 0.280 e. The normalized spacial score (nSPS) is 10.3. The Bertz CT molecular complexity index is 385. The Hall–Kier alpha value is -1.21. The summed E-state index contributed by atoms with van der Waals surface area (Å²) in [5.74, 6) is 0. The predicted octanol–water partition coefficient (Wildman–Crippen LogP) is 3.05. The first kappa shape index (κ1) is 10.9. The molecule has 5 heteroatoms.